The highest BCUT2D eigenvalue weighted by atomic mass is 16.5. The fraction of sp³-hybridized carbons (Fsp3) is 0.381. The zero-order valence-corrected chi connectivity index (χ0v) is 16.3. The van der Waals surface area contributed by atoms with Gasteiger partial charge >= 0.3 is 0 Å². The third kappa shape index (κ3) is 4.28. The van der Waals surface area contributed by atoms with Crippen LogP contribution in [0.4, 0.5) is 5.69 Å². The van der Waals surface area contributed by atoms with E-state index < -0.39 is 0 Å². The molecule has 0 aliphatic rings. The van der Waals surface area contributed by atoms with Crippen molar-refractivity contribution in [3.8, 4) is 17.2 Å². The molecule has 0 aliphatic heterocycles. The first kappa shape index (κ1) is 19.6. The summed E-state index contributed by atoms with van der Waals surface area (Å²) in [5.74, 6) is 1.28. The minimum Gasteiger partial charge on any atom is -0.507 e. The van der Waals surface area contributed by atoms with E-state index in [0.717, 1.165) is 28.3 Å². The minimum atomic E-state index is -0.184. The lowest BCUT2D eigenvalue weighted by Crippen LogP contribution is -2.13. The lowest BCUT2D eigenvalue weighted by Gasteiger charge is -2.23. The highest BCUT2D eigenvalue weighted by molar-refractivity contribution is 5.97. The molecule has 0 aliphatic carbocycles. The second-order valence-electron chi connectivity index (χ2n) is 7.25. The Morgan fingerprint density at radius 1 is 1.08 bits per heavy atom. The molecule has 2 N–H and O–H groups in total. The predicted octanol–water partition coefficient (Wildman–Crippen LogP) is 4.52. The van der Waals surface area contributed by atoms with E-state index in [1.165, 1.54) is 13.0 Å². The fourth-order valence-electron chi connectivity index (χ4n) is 2.71. The van der Waals surface area contributed by atoms with E-state index in [-0.39, 0.29) is 22.5 Å². The van der Waals surface area contributed by atoms with Gasteiger partial charge in [0.15, 0.2) is 5.78 Å². The number of ether oxygens (including phenoxy) is 2. The fourth-order valence-corrected chi connectivity index (χ4v) is 2.71. The lowest BCUT2D eigenvalue weighted by atomic mass is 9.86. The number of hydrogen-bond acceptors (Lipinski definition) is 5. The van der Waals surface area contributed by atoms with Gasteiger partial charge in [-0.3, -0.25) is 4.79 Å². The lowest BCUT2D eigenvalue weighted by molar-refractivity contribution is 0.101. The van der Waals surface area contributed by atoms with Gasteiger partial charge in [-0.05, 0) is 48.2 Å². The van der Waals surface area contributed by atoms with Gasteiger partial charge in [0.05, 0.1) is 25.3 Å². The average Bonchev–Trinajstić information content (AvgIpc) is 2.59. The molecule has 0 heterocycles. The maximum atomic E-state index is 11.6. The zero-order chi connectivity index (χ0) is 19.5. The van der Waals surface area contributed by atoms with Gasteiger partial charge in [-0.25, -0.2) is 0 Å². The smallest absolute Gasteiger partial charge is 0.163 e. The van der Waals surface area contributed by atoms with Gasteiger partial charge in [-0.1, -0.05) is 20.8 Å². The summed E-state index contributed by atoms with van der Waals surface area (Å²) >= 11 is 0. The van der Waals surface area contributed by atoms with E-state index >= 15 is 0 Å². The van der Waals surface area contributed by atoms with Crippen molar-refractivity contribution < 1.29 is 19.4 Å². The standard InChI is InChI=1S/C21H27NO4/c1-13(23)16-11-15(7-8-18(16)24)22-12-17-19(25-5)9-14(21(2,3)4)10-20(17)26-6/h7-11,22,24H,12H2,1-6H3. The molecule has 0 radical (unpaired) electrons. The van der Waals surface area contributed by atoms with E-state index in [1.54, 1.807) is 26.4 Å². The molecule has 0 saturated carbocycles. The van der Waals surface area contributed by atoms with E-state index in [2.05, 4.69) is 26.1 Å². The molecule has 0 unspecified atom stereocenters. The van der Waals surface area contributed by atoms with Gasteiger partial charge in [-0.2, -0.15) is 0 Å². The van der Waals surface area contributed by atoms with Crippen LogP contribution in [0.3, 0.4) is 0 Å². The molecule has 0 atom stereocenters. The third-order valence-electron chi connectivity index (χ3n) is 4.32. The van der Waals surface area contributed by atoms with Crippen LogP contribution in [0.2, 0.25) is 0 Å². The zero-order valence-electron chi connectivity index (χ0n) is 16.3. The Hall–Kier alpha value is -2.69. The SMILES string of the molecule is COc1cc(C(C)(C)C)cc(OC)c1CNc1ccc(O)c(C(C)=O)c1. The van der Waals surface area contributed by atoms with Gasteiger partial charge in [0, 0.05) is 12.2 Å². The molecule has 0 spiro atoms. The van der Waals surface area contributed by atoms with E-state index in [9.17, 15) is 9.90 Å². The number of methoxy groups -OCH3 is 2. The number of phenolic OH excluding ortho intramolecular Hbond substituents is 1. The number of carbonyl (C=O) groups is 1. The van der Waals surface area contributed by atoms with Crippen molar-refractivity contribution in [1.82, 2.24) is 0 Å². The van der Waals surface area contributed by atoms with Crippen LogP contribution in [0.1, 0.15) is 49.2 Å². The topological polar surface area (TPSA) is 67.8 Å². The first-order chi connectivity index (χ1) is 12.2. The Kier molecular flexibility index (Phi) is 5.80. The van der Waals surface area contributed by atoms with Crippen LogP contribution in [0.15, 0.2) is 30.3 Å². The van der Waals surface area contributed by atoms with Crippen LogP contribution < -0.4 is 14.8 Å². The molecular weight excluding hydrogens is 330 g/mol. The number of aromatic hydroxyl groups is 1. The third-order valence-corrected chi connectivity index (χ3v) is 4.32. The number of benzene rings is 2. The molecule has 0 saturated heterocycles. The first-order valence-electron chi connectivity index (χ1n) is 8.50. The summed E-state index contributed by atoms with van der Waals surface area (Å²) in [6, 6.07) is 8.93. The van der Waals surface area contributed by atoms with Gasteiger partial charge in [0.25, 0.3) is 0 Å². The number of rotatable bonds is 6. The maximum Gasteiger partial charge on any atom is 0.163 e. The predicted molar refractivity (Wildman–Crippen MR) is 104 cm³/mol. The van der Waals surface area contributed by atoms with Gasteiger partial charge in [0.1, 0.15) is 17.2 Å². The van der Waals surface area contributed by atoms with E-state index in [0.29, 0.717) is 6.54 Å². The van der Waals surface area contributed by atoms with Crippen molar-refractivity contribution in [2.24, 2.45) is 0 Å². The summed E-state index contributed by atoms with van der Waals surface area (Å²) < 4.78 is 11.2. The molecule has 2 aromatic carbocycles. The highest BCUT2D eigenvalue weighted by Gasteiger charge is 2.20. The van der Waals surface area contributed by atoms with Crippen LogP contribution in [-0.4, -0.2) is 25.1 Å². The Morgan fingerprint density at radius 2 is 1.65 bits per heavy atom. The Bertz CT molecular complexity index is 781. The number of Topliss-reactive ketones (excluding diaryl/α,β-unsaturated/α-hetero) is 1. The normalized spacial score (nSPS) is 11.2. The number of anilines is 1. The van der Waals surface area contributed by atoms with E-state index in [1.807, 2.05) is 12.1 Å². The van der Waals surface area contributed by atoms with E-state index in [4.69, 9.17) is 9.47 Å². The molecule has 2 rings (SSSR count). The largest absolute Gasteiger partial charge is 0.507 e. The summed E-state index contributed by atoms with van der Waals surface area (Å²) in [6.45, 7) is 8.30. The van der Waals surface area contributed by atoms with Crippen molar-refractivity contribution in [3.05, 3.63) is 47.0 Å². The number of carbonyl (C=O) groups excluding carboxylic acids is 1. The molecule has 0 aromatic heterocycles. The van der Waals surface area contributed by atoms with Crippen LogP contribution >= 0.6 is 0 Å². The molecule has 5 nitrogen and oxygen atoms in total. The van der Waals surface area contributed by atoms with Crippen molar-refractivity contribution in [2.45, 2.75) is 39.7 Å². The summed E-state index contributed by atoms with van der Waals surface area (Å²) in [6.07, 6.45) is 0. The van der Waals surface area contributed by atoms with Crippen molar-refractivity contribution in [2.75, 3.05) is 19.5 Å². The molecule has 2 aromatic rings. The monoisotopic (exact) mass is 357 g/mol. The molecule has 0 bridgehead atoms. The minimum absolute atomic E-state index is 0.0206. The number of ketones is 1. The van der Waals surface area contributed by atoms with Gasteiger partial charge in [0.2, 0.25) is 0 Å². The van der Waals surface area contributed by atoms with Crippen molar-refractivity contribution in [3.63, 3.8) is 0 Å². The molecule has 0 fully saturated rings. The number of nitrogens with one attached hydrogen (secondary N) is 1. The van der Waals surface area contributed by atoms with Gasteiger partial charge in [-0.15, -0.1) is 0 Å². The van der Waals surface area contributed by atoms with Crippen molar-refractivity contribution in [1.29, 1.82) is 0 Å². The summed E-state index contributed by atoms with van der Waals surface area (Å²) in [4.78, 5) is 11.6. The van der Waals surface area contributed by atoms with Crippen LogP contribution in [-0.2, 0) is 12.0 Å². The van der Waals surface area contributed by atoms with Crippen molar-refractivity contribution >= 4 is 11.5 Å². The quantitative estimate of drug-likeness (QED) is 0.588. The molecule has 0 amide bonds. The first-order valence-corrected chi connectivity index (χ1v) is 8.50. The maximum absolute atomic E-state index is 11.6. The Morgan fingerprint density at radius 3 is 2.12 bits per heavy atom. The van der Waals surface area contributed by atoms with Gasteiger partial charge < -0.3 is 19.9 Å². The number of phenols is 1. The summed E-state index contributed by atoms with van der Waals surface area (Å²) in [5, 5.41) is 13.0. The Balaban J connectivity index is 2.35. The Labute approximate surface area is 155 Å². The average molecular weight is 357 g/mol. The summed E-state index contributed by atoms with van der Waals surface area (Å²) in [5.41, 5.74) is 3.01. The molecule has 26 heavy (non-hydrogen) atoms. The molecular formula is C21H27NO4. The molecule has 140 valence electrons. The highest BCUT2D eigenvalue weighted by Crippen LogP contribution is 2.36. The molecule has 5 heteroatoms. The number of hydrogen-bond donors (Lipinski definition) is 2. The van der Waals surface area contributed by atoms with Crippen LogP contribution in [0, 0.1) is 0 Å². The van der Waals surface area contributed by atoms with Crippen LogP contribution in [0.5, 0.6) is 17.2 Å². The second kappa shape index (κ2) is 7.68. The summed E-state index contributed by atoms with van der Waals surface area (Å²) in [7, 11) is 3.28. The second-order valence-corrected chi connectivity index (χ2v) is 7.25. The van der Waals surface area contributed by atoms with Crippen LogP contribution in [0.25, 0.3) is 0 Å².